The molecule has 2 atom stereocenters. The summed E-state index contributed by atoms with van der Waals surface area (Å²) in [6.45, 7) is 13.3. The average molecular weight is 1190 g/mol. The summed E-state index contributed by atoms with van der Waals surface area (Å²) in [6, 6.07) is 28.8. The molecule has 2 unspecified atom stereocenters. The fourth-order valence-electron chi connectivity index (χ4n) is 10.6. The Bertz CT molecular complexity index is 2710. The van der Waals surface area contributed by atoms with E-state index >= 15 is 0 Å². The Balaban J connectivity index is 0.910. The molecular formula is C66H87N3O15S. The van der Waals surface area contributed by atoms with Crippen LogP contribution in [-0.4, -0.2) is 93.1 Å². The second-order valence-electron chi connectivity index (χ2n) is 21.8. The summed E-state index contributed by atoms with van der Waals surface area (Å²) in [6.07, 6.45) is 19.0. The first-order chi connectivity index (χ1) is 41.8. The van der Waals surface area contributed by atoms with E-state index in [1.54, 1.807) is 17.6 Å². The number of unbranched alkanes of at least 4 members (excludes halogenated alkanes) is 7. The second kappa shape index (κ2) is 37.9. The van der Waals surface area contributed by atoms with E-state index in [2.05, 4.69) is 26.1 Å². The molecule has 0 saturated heterocycles. The van der Waals surface area contributed by atoms with Crippen molar-refractivity contribution in [2.24, 2.45) is 28.8 Å². The zero-order chi connectivity index (χ0) is 59.7. The van der Waals surface area contributed by atoms with Crippen molar-refractivity contribution in [2.75, 3.05) is 64.4 Å². The zero-order valence-corrected chi connectivity index (χ0v) is 50.1. The molecule has 2 aliphatic rings. The van der Waals surface area contributed by atoms with Crippen molar-refractivity contribution in [1.82, 2.24) is 4.98 Å². The number of fused-ring (bicyclic) bond motifs is 1. The molecular weight excluding hydrogens is 1110 g/mol. The van der Waals surface area contributed by atoms with E-state index in [-0.39, 0.29) is 23.7 Å². The largest absolute Gasteiger partial charge is 0.494 e. The summed E-state index contributed by atoms with van der Waals surface area (Å²) in [7, 11) is 0. The Kier molecular flexibility index (Phi) is 29.5. The number of benzene rings is 4. The van der Waals surface area contributed by atoms with Gasteiger partial charge in [-0.05, 0) is 205 Å². The van der Waals surface area contributed by atoms with Gasteiger partial charge in [-0.2, -0.15) is 14.9 Å². The van der Waals surface area contributed by atoms with Gasteiger partial charge in [-0.1, -0.05) is 68.2 Å². The Morgan fingerprint density at radius 1 is 0.624 bits per heavy atom. The van der Waals surface area contributed by atoms with Crippen LogP contribution in [0.1, 0.15) is 151 Å². The highest BCUT2D eigenvalue weighted by molar-refractivity contribution is 7.22. The maximum Gasteiger partial charge on any atom is 0.330 e. The normalized spacial score (nSPS) is 17.7. The van der Waals surface area contributed by atoms with Gasteiger partial charge in [-0.15, -0.1) is 0 Å². The summed E-state index contributed by atoms with van der Waals surface area (Å²) in [5.74, 6) is 2.41. The van der Waals surface area contributed by atoms with Crippen LogP contribution in [0, 0.1) is 23.7 Å². The van der Waals surface area contributed by atoms with Crippen molar-refractivity contribution in [3.05, 3.63) is 133 Å². The third-order valence-corrected chi connectivity index (χ3v) is 16.6. The van der Waals surface area contributed by atoms with E-state index in [4.69, 9.17) is 63.1 Å². The number of carbonyl (C=O) groups excluding carboxylic acids is 2. The fraction of sp³-hybridized carbons (Fsp3) is 0.515. The van der Waals surface area contributed by atoms with Crippen molar-refractivity contribution in [3.63, 3.8) is 0 Å². The van der Waals surface area contributed by atoms with Crippen LogP contribution in [0.2, 0.25) is 0 Å². The maximum atomic E-state index is 11.2. The molecule has 5 aromatic rings. The van der Waals surface area contributed by atoms with Crippen LogP contribution in [0.15, 0.2) is 121 Å². The minimum atomic E-state index is -0.606. The summed E-state index contributed by atoms with van der Waals surface area (Å²) in [5.41, 5.74) is 3.20. The molecule has 18 nitrogen and oxygen atoms in total. The topological polar surface area (TPSA) is 205 Å². The lowest BCUT2D eigenvalue weighted by Gasteiger charge is -2.32. The Hall–Kier alpha value is -6.42. The minimum absolute atomic E-state index is 0.0320. The van der Waals surface area contributed by atoms with Crippen LogP contribution in [0.3, 0.4) is 0 Å². The molecule has 0 spiro atoms. The van der Waals surface area contributed by atoms with Gasteiger partial charge in [0.15, 0.2) is 11.5 Å². The molecule has 2 aliphatic carbocycles. The molecule has 0 bridgehead atoms. The average Bonchev–Trinajstić information content (AvgIpc) is 4.05. The molecule has 19 heteroatoms. The van der Waals surface area contributed by atoms with Crippen molar-refractivity contribution in [2.45, 2.75) is 135 Å². The number of nitrogens with zero attached hydrogens (tertiary/aromatic N) is 3. The van der Waals surface area contributed by atoms with E-state index in [0.717, 1.165) is 154 Å². The number of anilines is 1. The standard InChI is InChI=1S/C66H87N3O15S/c1-4-7-39-74-44-38-69(66-68-59-18-12-13-19-61(59)85-66)67-46-55-45-54(65(82-73)52-26-22-49(23-27-52)47-79-83-58-35-33-57(34-36-58)76-41-15-9-11-17-43-78-63(71)6-3)30-37-60(55)84-80-48-50-20-24-51(25-21-50)64(81-72)53-28-31-56(32-29-53)75-40-14-8-10-16-42-77-62(70)5-2/h5-6,12-13,18-19,28-37,45-46,49-52,64-65,72-73H,2-4,7-11,14-17,20-27,38-44,47-48H2,1H3/b67-46+. The molecule has 1 heterocycles. The molecule has 0 amide bonds. The van der Waals surface area contributed by atoms with E-state index in [1.807, 2.05) is 89.9 Å². The molecule has 85 heavy (non-hydrogen) atoms. The van der Waals surface area contributed by atoms with Gasteiger partial charge in [-0.25, -0.2) is 29.4 Å². The van der Waals surface area contributed by atoms with Crippen LogP contribution in [0.25, 0.3) is 10.2 Å². The van der Waals surface area contributed by atoms with Crippen molar-refractivity contribution < 1.29 is 73.1 Å². The van der Waals surface area contributed by atoms with E-state index in [1.165, 1.54) is 12.2 Å². The van der Waals surface area contributed by atoms with Crippen molar-refractivity contribution in [1.29, 1.82) is 0 Å². The van der Waals surface area contributed by atoms with Gasteiger partial charge < -0.3 is 33.5 Å². The molecule has 2 N–H and O–H groups in total. The molecule has 0 radical (unpaired) electrons. The predicted octanol–water partition coefficient (Wildman–Crippen LogP) is 15.0. The van der Waals surface area contributed by atoms with Crippen LogP contribution < -0.4 is 24.3 Å². The van der Waals surface area contributed by atoms with Gasteiger partial charge in [-0.3, -0.25) is 10.5 Å². The lowest BCUT2D eigenvalue weighted by Crippen LogP contribution is -2.25. The lowest BCUT2D eigenvalue weighted by atomic mass is 9.78. The van der Waals surface area contributed by atoms with E-state index < -0.39 is 24.1 Å². The van der Waals surface area contributed by atoms with E-state index in [0.29, 0.717) is 76.5 Å². The van der Waals surface area contributed by atoms with Gasteiger partial charge in [0.05, 0.1) is 69.2 Å². The first-order valence-electron chi connectivity index (χ1n) is 30.4. The number of aromatic nitrogens is 1. The Labute approximate surface area is 504 Å². The number of hydrazone groups is 1. The number of rotatable bonds is 41. The lowest BCUT2D eigenvalue weighted by molar-refractivity contribution is -0.297. The summed E-state index contributed by atoms with van der Waals surface area (Å²) in [4.78, 5) is 61.3. The third-order valence-electron chi connectivity index (χ3n) is 15.5. The van der Waals surface area contributed by atoms with E-state index in [9.17, 15) is 20.1 Å². The Morgan fingerprint density at radius 2 is 1.15 bits per heavy atom. The highest BCUT2D eigenvalue weighted by atomic mass is 32.1. The van der Waals surface area contributed by atoms with Gasteiger partial charge in [0.2, 0.25) is 5.13 Å². The predicted molar refractivity (Wildman–Crippen MR) is 327 cm³/mol. The first kappa shape index (κ1) is 66.1. The van der Waals surface area contributed by atoms with Crippen LogP contribution in [0.4, 0.5) is 5.13 Å². The number of para-hydroxylation sites is 1. The monoisotopic (exact) mass is 1190 g/mol. The van der Waals surface area contributed by atoms with Gasteiger partial charge in [0.25, 0.3) is 0 Å². The van der Waals surface area contributed by atoms with Gasteiger partial charge >= 0.3 is 11.9 Å². The summed E-state index contributed by atoms with van der Waals surface area (Å²) < 4.78 is 29.0. The number of hydrogen-bond donors (Lipinski definition) is 2. The third kappa shape index (κ3) is 22.7. The van der Waals surface area contributed by atoms with Crippen molar-refractivity contribution >= 4 is 44.8 Å². The SMILES string of the molecule is C=CC(=O)OCCCCCCOc1ccc(OOCC2CCC(C(OO)c3ccc(OOCC4CCC(C(OO)c5ccc(OCCCCCCOC(=O)C=C)cc5)CC4)c(/C=N/N(CCOCCCC)c4nc5ccccc5s4)c3)CC2)cc1. The smallest absolute Gasteiger partial charge is 0.330 e. The quantitative estimate of drug-likeness (QED) is 0.00932. The van der Waals surface area contributed by atoms with Crippen LogP contribution in [-0.2, 0) is 43.3 Å². The van der Waals surface area contributed by atoms with Crippen molar-refractivity contribution in [3.8, 4) is 23.0 Å². The highest BCUT2D eigenvalue weighted by Gasteiger charge is 2.32. The Morgan fingerprint density at radius 3 is 1.72 bits per heavy atom. The number of esters is 2. The number of hydrogen-bond acceptors (Lipinski definition) is 19. The fourth-order valence-corrected chi connectivity index (χ4v) is 11.5. The minimum Gasteiger partial charge on any atom is -0.494 e. The molecule has 0 aliphatic heterocycles. The highest BCUT2D eigenvalue weighted by Crippen LogP contribution is 2.42. The number of ether oxygens (including phenoxy) is 5. The summed E-state index contributed by atoms with van der Waals surface area (Å²) >= 11 is 1.56. The molecule has 2 fully saturated rings. The maximum absolute atomic E-state index is 11.2. The zero-order valence-electron chi connectivity index (χ0n) is 49.3. The van der Waals surface area contributed by atoms with Crippen LogP contribution in [0.5, 0.6) is 23.0 Å². The molecule has 4 aromatic carbocycles. The van der Waals surface area contributed by atoms with Gasteiger partial charge in [0, 0.05) is 24.3 Å². The molecule has 462 valence electrons. The second-order valence-corrected chi connectivity index (χ2v) is 22.8. The molecule has 7 rings (SSSR count). The molecule has 1 aromatic heterocycles. The first-order valence-corrected chi connectivity index (χ1v) is 31.2. The summed E-state index contributed by atoms with van der Waals surface area (Å²) in [5, 5.41) is 28.3. The van der Waals surface area contributed by atoms with Crippen LogP contribution >= 0.6 is 11.3 Å². The number of thiazole rings is 1. The molecule has 2 saturated carbocycles. The number of carbonyl (C=O) groups is 2. The van der Waals surface area contributed by atoms with Gasteiger partial charge in [0.1, 0.15) is 23.7 Å².